The van der Waals surface area contributed by atoms with Crippen LogP contribution in [0.2, 0.25) is 0 Å². The number of para-hydroxylation sites is 1. The van der Waals surface area contributed by atoms with Crippen molar-refractivity contribution in [1.29, 1.82) is 0 Å². The third kappa shape index (κ3) is 6.67. The van der Waals surface area contributed by atoms with E-state index in [-0.39, 0.29) is 12.4 Å². The molecule has 0 saturated heterocycles. The Morgan fingerprint density at radius 3 is 2.61 bits per heavy atom. The second-order valence-corrected chi connectivity index (χ2v) is 7.26. The van der Waals surface area contributed by atoms with E-state index in [1.165, 1.54) is 18.3 Å². The molecule has 3 aromatic carbocycles. The second-order valence-electron chi connectivity index (χ2n) is 7.26. The Bertz CT molecular complexity index is 1140. The highest BCUT2D eigenvalue weighted by Gasteiger charge is 2.13. The highest BCUT2D eigenvalue weighted by Crippen LogP contribution is 2.34. The summed E-state index contributed by atoms with van der Waals surface area (Å²) in [6, 6.07) is 16.8. The van der Waals surface area contributed by atoms with Gasteiger partial charge in [-0.15, -0.1) is 6.58 Å². The van der Waals surface area contributed by atoms with Crippen molar-refractivity contribution in [3.63, 3.8) is 0 Å². The lowest BCUT2D eigenvalue weighted by molar-refractivity contribution is 0.252. The largest absolute Gasteiger partial charge is 0.493 e. The van der Waals surface area contributed by atoms with Crippen LogP contribution in [-0.2, 0) is 13.0 Å². The van der Waals surface area contributed by atoms with Gasteiger partial charge in [0.05, 0.1) is 13.3 Å². The molecular formula is C26H26FN3O3. The Balaban J connectivity index is 1.72. The highest BCUT2D eigenvalue weighted by atomic mass is 19.1. The number of hydrogen-bond donors (Lipinski definition) is 2. The first-order valence-electron chi connectivity index (χ1n) is 10.3. The fourth-order valence-electron chi connectivity index (χ4n) is 3.15. The molecule has 2 N–H and O–H groups in total. The quantitative estimate of drug-likeness (QED) is 0.255. The average Bonchev–Trinajstić information content (AvgIpc) is 2.81. The van der Waals surface area contributed by atoms with Crippen molar-refractivity contribution in [3.05, 3.63) is 101 Å². The minimum Gasteiger partial charge on any atom is -0.493 e. The summed E-state index contributed by atoms with van der Waals surface area (Å²) in [7, 11) is 1.55. The van der Waals surface area contributed by atoms with Crippen molar-refractivity contribution >= 4 is 17.9 Å². The lowest BCUT2D eigenvalue weighted by atomic mass is 10.1. The molecule has 0 radical (unpaired) electrons. The molecule has 3 rings (SSSR count). The Hall–Kier alpha value is -4.13. The number of nitrogens with zero attached hydrogens (tertiary/aromatic N) is 1. The number of urea groups is 1. The highest BCUT2D eigenvalue weighted by molar-refractivity contribution is 5.91. The van der Waals surface area contributed by atoms with Crippen LogP contribution in [0.3, 0.4) is 0 Å². The van der Waals surface area contributed by atoms with E-state index in [4.69, 9.17) is 9.47 Å². The zero-order valence-corrected chi connectivity index (χ0v) is 18.6. The molecule has 0 spiro atoms. The van der Waals surface area contributed by atoms with Gasteiger partial charge in [-0.1, -0.05) is 36.4 Å². The number of carbonyl (C=O) groups is 1. The summed E-state index contributed by atoms with van der Waals surface area (Å²) in [4.78, 5) is 12.1. The summed E-state index contributed by atoms with van der Waals surface area (Å²) < 4.78 is 24.7. The molecular weight excluding hydrogens is 421 g/mol. The molecule has 0 unspecified atom stereocenters. The zero-order valence-electron chi connectivity index (χ0n) is 18.6. The van der Waals surface area contributed by atoms with Gasteiger partial charge in [-0.25, -0.2) is 14.6 Å². The molecule has 6 nitrogen and oxygen atoms in total. The summed E-state index contributed by atoms with van der Waals surface area (Å²) >= 11 is 0. The van der Waals surface area contributed by atoms with Gasteiger partial charge in [-0.2, -0.15) is 5.10 Å². The smallest absolute Gasteiger partial charge is 0.339 e. The van der Waals surface area contributed by atoms with Crippen LogP contribution >= 0.6 is 0 Å². The first-order chi connectivity index (χ1) is 16.0. The molecule has 3 aromatic rings. The SMILES string of the molecule is C=CCc1cc(C=NNC(=O)Nc2ccccc2C)cc(OC)c1OCc1ccc(F)cc1. The molecule has 0 aliphatic rings. The number of aryl methyl sites for hydroxylation is 1. The van der Waals surface area contributed by atoms with Crippen LogP contribution in [0.5, 0.6) is 11.5 Å². The van der Waals surface area contributed by atoms with Gasteiger partial charge >= 0.3 is 6.03 Å². The topological polar surface area (TPSA) is 72.0 Å². The Kier molecular flexibility index (Phi) is 8.18. The molecule has 0 fully saturated rings. The molecule has 0 aromatic heterocycles. The van der Waals surface area contributed by atoms with Gasteiger partial charge in [0.2, 0.25) is 0 Å². The van der Waals surface area contributed by atoms with Crippen LogP contribution in [0.4, 0.5) is 14.9 Å². The average molecular weight is 448 g/mol. The lowest BCUT2D eigenvalue weighted by Gasteiger charge is -2.16. The maximum absolute atomic E-state index is 13.1. The van der Waals surface area contributed by atoms with Crippen LogP contribution in [-0.4, -0.2) is 19.4 Å². The molecule has 170 valence electrons. The van der Waals surface area contributed by atoms with Gasteiger partial charge in [0.15, 0.2) is 11.5 Å². The summed E-state index contributed by atoms with van der Waals surface area (Å²) in [6.07, 6.45) is 3.82. The predicted octanol–water partition coefficient (Wildman–Crippen LogP) is 5.61. The fourth-order valence-corrected chi connectivity index (χ4v) is 3.15. The van der Waals surface area contributed by atoms with E-state index in [1.807, 2.05) is 37.3 Å². The standard InChI is InChI=1S/C26H26FN3O3/c1-4-7-21-14-20(16-28-30-26(31)29-23-9-6-5-8-18(23)2)15-24(32-3)25(21)33-17-19-10-12-22(27)13-11-19/h4-6,8-16H,1,7,17H2,2-3H3,(H2,29,30,31). The van der Waals surface area contributed by atoms with Crippen molar-refractivity contribution in [3.8, 4) is 11.5 Å². The molecule has 0 saturated carbocycles. The van der Waals surface area contributed by atoms with E-state index < -0.39 is 6.03 Å². The van der Waals surface area contributed by atoms with Crippen LogP contribution in [0.1, 0.15) is 22.3 Å². The molecule has 7 heteroatoms. The monoisotopic (exact) mass is 447 g/mol. The van der Waals surface area contributed by atoms with Crippen molar-refractivity contribution in [2.75, 3.05) is 12.4 Å². The number of amides is 2. The van der Waals surface area contributed by atoms with Gasteiger partial charge < -0.3 is 14.8 Å². The number of anilines is 1. The third-order valence-corrected chi connectivity index (χ3v) is 4.81. The van der Waals surface area contributed by atoms with E-state index in [1.54, 1.807) is 31.4 Å². The maximum Gasteiger partial charge on any atom is 0.339 e. The number of ether oxygens (including phenoxy) is 2. The first kappa shape index (κ1) is 23.5. The number of methoxy groups -OCH3 is 1. The lowest BCUT2D eigenvalue weighted by Crippen LogP contribution is -2.24. The van der Waals surface area contributed by atoms with Crippen LogP contribution < -0.4 is 20.2 Å². The normalized spacial score (nSPS) is 10.6. The summed E-state index contributed by atoms with van der Waals surface area (Å²) in [5.74, 6) is 0.792. The second kappa shape index (κ2) is 11.5. The van der Waals surface area contributed by atoms with Crippen molar-refractivity contribution < 1.29 is 18.7 Å². The van der Waals surface area contributed by atoms with E-state index in [0.29, 0.717) is 29.2 Å². The summed E-state index contributed by atoms with van der Waals surface area (Å²) in [5, 5.41) is 6.78. The minimum atomic E-state index is -0.446. The Morgan fingerprint density at radius 2 is 1.91 bits per heavy atom. The van der Waals surface area contributed by atoms with Crippen LogP contribution in [0.15, 0.2) is 78.4 Å². The first-order valence-corrected chi connectivity index (χ1v) is 10.3. The number of rotatable bonds is 9. The molecule has 0 bridgehead atoms. The van der Waals surface area contributed by atoms with Gasteiger partial charge in [-0.3, -0.25) is 0 Å². The zero-order chi connectivity index (χ0) is 23.6. The maximum atomic E-state index is 13.1. The van der Waals surface area contributed by atoms with Crippen LogP contribution in [0.25, 0.3) is 0 Å². The summed E-state index contributed by atoms with van der Waals surface area (Å²) in [5.41, 5.74) is 6.51. The molecule has 0 aliphatic heterocycles. The predicted molar refractivity (Wildman–Crippen MR) is 129 cm³/mol. The Morgan fingerprint density at radius 1 is 1.15 bits per heavy atom. The number of hydrazone groups is 1. The Labute approximate surface area is 192 Å². The van der Waals surface area contributed by atoms with E-state index >= 15 is 0 Å². The number of halogens is 1. The molecule has 0 aliphatic carbocycles. The number of carbonyl (C=O) groups excluding carboxylic acids is 1. The van der Waals surface area contributed by atoms with Gasteiger partial charge in [0, 0.05) is 11.3 Å². The van der Waals surface area contributed by atoms with Gasteiger partial charge in [0.1, 0.15) is 12.4 Å². The van der Waals surface area contributed by atoms with Crippen molar-refractivity contribution in [1.82, 2.24) is 5.43 Å². The van der Waals surface area contributed by atoms with Gasteiger partial charge in [-0.05, 0) is 60.4 Å². The van der Waals surface area contributed by atoms with E-state index in [0.717, 1.165) is 16.7 Å². The number of benzene rings is 3. The fraction of sp³-hybridized carbons (Fsp3) is 0.154. The molecule has 0 atom stereocenters. The molecule has 2 amide bonds. The molecule has 0 heterocycles. The number of hydrogen-bond acceptors (Lipinski definition) is 4. The van der Waals surface area contributed by atoms with Gasteiger partial charge in [0.25, 0.3) is 0 Å². The van der Waals surface area contributed by atoms with Crippen molar-refractivity contribution in [2.45, 2.75) is 20.0 Å². The minimum absolute atomic E-state index is 0.259. The molecule has 33 heavy (non-hydrogen) atoms. The number of allylic oxidation sites excluding steroid dienone is 1. The third-order valence-electron chi connectivity index (χ3n) is 4.81. The van der Waals surface area contributed by atoms with E-state index in [9.17, 15) is 9.18 Å². The van der Waals surface area contributed by atoms with Crippen LogP contribution in [0, 0.1) is 12.7 Å². The van der Waals surface area contributed by atoms with Crippen molar-refractivity contribution in [2.24, 2.45) is 5.10 Å². The van der Waals surface area contributed by atoms with E-state index in [2.05, 4.69) is 22.4 Å². The summed E-state index contributed by atoms with van der Waals surface area (Å²) in [6.45, 7) is 5.97. The number of nitrogens with one attached hydrogen (secondary N) is 2.